The predicted octanol–water partition coefficient (Wildman–Crippen LogP) is 0.775. The maximum absolute atomic E-state index is 11.3. The second kappa shape index (κ2) is 5.07. The van der Waals surface area contributed by atoms with Crippen molar-refractivity contribution in [3.05, 3.63) is 28.9 Å². The molecular weight excluding hydrogens is 190 g/mol. The van der Waals surface area contributed by atoms with Crippen molar-refractivity contribution < 1.29 is 0 Å². The summed E-state index contributed by atoms with van der Waals surface area (Å²) in [5, 5.41) is 3.47. The van der Waals surface area contributed by atoms with Gasteiger partial charge in [-0.2, -0.15) is 0 Å². The van der Waals surface area contributed by atoms with Crippen LogP contribution >= 0.6 is 0 Å². The lowest BCUT2D eigenvalue weighted by molar-refractivity contribution is 0.489. The SMILES string of the molecule is O=c1ncccn1CCNC1CCCC1. The number of rotatable bonds is 4. The lowest BCUT2D eigenvalue weighted by Gasteiger charge is -2.11. The summed E-state index contributed by atoms with van der Waals surface area (Å²) in [4.78, 5) is 15.0. The van der Waals surface area contributed by atoms with Crippen LogP contribution in [0.5, 0.6) is 0 Å². The molecule has 0 bridgehead atoms. The average Bonchev–Trinajstić information content (AvgIpc) is 2.74. The van der Waals surface area contributed by atoms with Crippen LogP contribution < -0.4 is 11.0 Å². The van der Waals surface area contributed by atoms with Crippen molar-refractivity contribution in [1.29, 1.82) is 0 Å². The Labute approximate surface area is 89.3 Å². The van der Waals surface area contributed by atoms with Crippen molar-refractivity contribution >= 4 is 0 Å². The molecule has 1 aliphatic carbocycles. The summed E-state index contributed by atoms with van der Waals surface area (Å²) >= 11 is 0. The van der Waals surface area contributed by atoms with Gasteiger partial charge in [0.2, 0.25) is 0 Å². The van der Waals surface area contributed by atoms with Crippen LogP contribution in [0.15, 0.2) is 23.3 Å². The molecule has 1 saturated carbocycles. The number of nitrogens with zero attached hydrogens (tertiary/aromatic N) is 2. The van der Waals surface area contributed by atoms with E-state index in [1.165, 1.54) is 31.9 Å². The molecule has 82 valence electrons. The molecule has 0 saturated heterocycles. The third-order valence-electron chi connectivity index (χ3n) is 2.92. The Morgan fingerprint density at radius 1 is 1.47 bits per heavy atom. The van der Waals surface area contributed by atoms with E-state index < -0.39 is 0 Å². The average molecular weight is 207 g/mol. The highest BCUT2D eigenvalue weighted by atomic mass is 16.1. The summed E-state index contributed by atoms with van der Waals surface area (Å²) < 4.78 is 1.64. The largest absolute Gasteiger partial charge is 0.347 e. The van der Waals surface area contributed by atoms with E-state index in [2.05, 4.69) is 10.3 Å². The summed E-state index contributed by atoms with van der Waals surface area (Å²) in [5.41, 5.74) is -0.161. The van der Waals surface area contributed by atoms with Gasteiger partial charge in [0.15, 0.2) is 0 Å². The van der Waals surface area contributed by atoms with E-state index in [0.29, 0.717) is 12.6 Å². The Hall–Kier alpha value is -1.16. The first kappa shape index (κ1) is 10.4. The van der Waals surface area contributed by atoms with Gasteiger partial charge in [-0.1, -0.05) is 12.8 Å². The van der Waals surface area contributed by atoms with Gasteiger partial charge in [-0.15, -0.1) is 0 Å². The molecule has 0 aromatic carbocycles. The molecule has 1 heterocycles. The minimum absolute atomic E-state index is 0.161. The van der Waals surface area contributed by atoms with Gasteiger partial charge in [-0.05, 0) is 18.9 Å². The van der Waals surface area contributed by atoms with Crippen molar-refractivity contribution in [2.24, 2.45) is 0 Å². The minimum Gasteiger partial charge on any atom is -0.312 e. The molecular formula is C11H17N3O. The highest BCUT2D eigenvalue weighted by Crippen LogP contribution is 2.17. The van der Waals surface area contributed by atoms with Gasteiger partial charge in [-0.25, -0.2) is 9.78 Å². The summed E-state index contributed by atoms with van der Waals surface area (Å²) in [6.07, 6.45) is 8.55. The molecule has 0 radical (unpaired) electrons. The molecule has 1 aromatic rings. The predicted molar refractivity (Wildman–Crippen MR) is 58.8 cm³/mol. The fraction of sp³-hybridized carbons (Fsp3) is 0.636. The van der Waals surface area contributed by atoms with Gasteiger partial charge in [0.1, 0.15) is 0 Å². The number of hydrogen-bond acceptors (Lipinski definition) is 3. The fourth-order valence-corrected chi connectivity index (χ4v) is 2.08. The van der Waals surface area contributed by atoms with Gasteiger partial charge >= 0.3 is 5.69 Å². The smallest absolute Gasteiger partial charge is 0.312 e. The van der Waals surface area contributed by atoms with Gasteiger partial charge in [-0.3, -0.25) is 4.57 Å². The van der Waals surface area contributed by atoms with E-state index in [1.807, 2.05) is 0 Å². The van der Waals surface area contributed by atoms with E-state index in [9.17, 15) is 4.79 Å². The van der Waals surface area contributed by atoms with Gasteiger partial charge in [0, 0.05) is 31.5 Å². The Bertz CT molecular complexity index is 355. The standard InChI is InChI=1S/C11H17N3O/c15-11-13-6-3-8-14(11)9-7-12-10-4-1-2-5-10/h3,6,8,10,12H,1-2,4-5,7,9H2. The van der Waals surface area contributed by atoms with Crippen molar-refractivity contribution in [1.82, 2.24) is 14.9 Å². The summed E-state index contributed by atoms with van der Waals surface area (Å²) in [5.74, 6) is 0. The van der Waals surface area contributed by atoms with Crippen molar-refractivity contribution in [3.63, 3.8) is 0 Å². The molecule has 1 aliphatic rings. The zero-order chi connectivity index (χ0) is 10.5. The first-order chi connectivity index (χ1) is 7.36. The maximum atomic E-state index is 11.3. The molecule has 15 heavy (non-hydrogen) atoms. The number of aromatic nitrogens is 2. The molecule has 4 nitrogen and oxygen atoms in total. The number of hydrogen-bond donors (Lipinski definition) is 1. The van der Waals surface area contributed by atoms with E-state index in [4.69, 9.17) is 0 Å². The van der Waals surface area contributed by atoms with Crippen LogP contribution in [0.3, 0.4) is 0 Å². The second-order valence-corrected chi connectivity index (χ2v) is 4.03. The van der Waals surface area contributed by atoms with Crippen molar-refractivity contribution in [2.75, 3.05) is 6.54 Å². The zero-order valence-electron chi connectivity index (χ0n) is 8.85. The zero-order valence-corrected chi connectivity index (χ0v) is 8.85. The normalized spacial score (nSPS) is 17.1. The van der Waals surface area contributed by atoms with Crippen LogP contribution in [0.2, 0.25) is 0 Å². The topological polar surface area (TPSA) is 46.9 Å². The van der Waals surface area contributed by atoms with E-state index in [1.54, 1.807) is 16.8 Å². The minimum atomic E-state index is -0.161. The van der Waals surface area contributed by atoms with E-state index in [-0.39, 0.29) is 5.69 Å². The summed E-state index contributed by atoms with van der Waals surface area (Å²) in [7, 11) is 0. The third-order valence-corrected chi connectivity index (χ3v) is 2.92. The summed E-state index contributed by atoms with van der Waals surface area (Å²) in [6.45, 7) is 1.57. The van der Waals surface area contributed by atoms with Crippen LogP contribution in [-0.2, 0) is 6.54 Å². The molecule has 0 amide bonds. The molecule has 0 aliphatic heterocycles. The Balaban J connectivity index is 1.78. The first-order valence-corrected chi connectivity index (χ1v) is 5.61. The van der Waals surface area contributed by atoms with Gasteiger partial charge in [0.05, 0.1) is 0 Å². The van der Waals surface area contributed by atoms with Gasteiger partial charge < -0.3 is 5.32 Å². The lowest BCUT2D eigenvalue weighted by atomic mass is 10.2. The van der Waals surface area contributed by atoms with Crippen molar-refractivity contribution in [3.8, 4) is 0 Å². The van der Waals surface area contributed by atoms with Crippen molar-refractivity contribution in [2.45, 2.75) is 38.3 Å². The lowest BCUT2D eigenvalue weighted by Crippen LogP contribution is -2.32. The van der Waals surface area contributed by atoms with Gasteiger partial charge in [0.25, 0.3) is 0 Å². The monoisotopic (exact) mass is 207 g/mol. The third kappa shape index (κ3) is 2.89. The highest BCUT2D eigenvalue weighted by Gasteiger charge is 2.13. The van der Waals surface area contributed by atoms with Crippen LogP contribution in [0, 0.1) is 0 Å². The molecule has 1 aromatic heterocycles. The highest BCUT2D eigenvalue weighted by molar-refractivity contribution is 4.81. The summed E-state index contributed by atoms with van der Waals surface area (Å²) in [6, 6.07) is 2.45. The second-order valence-electron chi connectivity index (χ2n) is 4.03. The molecule has 2 rings (SSSR count). The Kier molecular flexibility index (Phi) is 3.50. The van der Waals surface area contributed by atoms with E-state index >= 15 is 0 Å². The molecule has 0 atom stereocenters. The quantitative estimate of drug-likeness (QED) is 0.793. The Morgan fingerprint density at radius 2 is 2.27 bits per heavy atom. The first-order valence-electron chi connectivity index (χ1n) is 5.61. The molecule has 4 heteroatoms. The maximum Gasteiger partial charge on any atom is 0.347 e. The molecule has 1 fully saturated rings. The molecule has 1 N–H and O–H groups in total. The Morgan fingerprint density at radius 3 is 3.00 bits per heavy atom. The van der Waals surface area contributed by atoms with Crippen LogP contribution in [0.1, 0.15) is 25.7 Å². The fourth-order valence-electron chi connectivity index (χ4n) is 2.08. The van der Waals surface area contributed by atoms with E-state index in [0.717, 1.165) is 6.54 Å². The van der Waals surface area contributed by atoms with Crippen LogP contribution in [0.25, 0.3) is 0 Å². The molecule has 0 spiro atoms. The number of nitrogens with one attached hydrogen (secondary N) is 1. The molecule has 0 unspecified atom stereocenters. The van der Waals surface area contributed by atoms with Crippen LogP contribution in [0.4, 0.5) is 0 Å². The van der Waals surface area contributed by atoms with Crippen LogP contribution in [-0.4, -0.2) is 22.1 Å².